The molecule has 2 aromatic carbocycles. The van der Waals surface area contributed by atoms with Crippen LogP contribution in [0.15, 0.2) is 48.5 Å². The van der Waals surface area contributed by atoms with Crippen LogP contribution in [0.4, 0.5) is 14.5 Å². The Labute approximate surface area is 206 Å². The van der Waals surface area contributed by atoms with Crippen LogP contribution in [0.2, 0.25) is 0 Å². The molecule has 2 amide bonds. The Morgan fingerprint density at radius 3 is 2.20 bits per heavy atom. The number of anilines is 1. The molecule has 0 bridgehead atoms. The maximum atomic E-state index is 13.8. The van der Waals surface area contributed by atoms with Crippen LogP contribution in [0.3, 0.4) is 0 Å². The molecule has 0 heterocycles. The van der Waals surface area contributed by atoms with Crippen LogP contribution >= 0.6 is 0 Å². The lowest BCUT2D eigenvalue weighted by atomic mass is 10.1. The fourth-order valence-corrected chi connectivity index (χ4v) is 4.43. The van der Waals surface area contributed by atoms with Gasteiger partial charge in [0.05, 0.1) is 11.9 Å². The van der Waals surface area contributed by atoms with E-state index in [2.05, 4.69) is 5.32 Å². The normalized spacial score (nSPS) is 13.1. The zero-order chi connectivity index (χ0) is 26.2. The topological polar surface area (TPSA) is 86.8 Å². The van der Waals surface area contributed by atoms with Gasteiger partial charge in [0.25, 0.3) is 0 Å². The van der Waals surface area contributed by atoms with Gasteiger partial charge in [-0.25, -0.2) is 17.2 Å². The second-order valence-corrected chi connectivity index (χ2v) is 10.3. The molecule has 0 saturated carbocycles. The van der Waals surface area contributed by atoms with Gasteiger partial charge in [-0.2, -0.15) is 0 Å². The minimum absolute atomic E-state index is 0.0997. The van der Waals surface area contributed by atoms with Gasteiger partial charge >= 0.3 is 0 Å². The standard InChI is InChI=1S/C25H33F2N3O4S/c1-5-18(3)28-25(32)23(6-2)29(15-14-19-10-8-7-9-11-19)24(31)17-30(35(4,33)34)20-12-13-21(26)22(27)16-20/h7-13,16,18,23H,5-6,14-15,17H2,1-4H3,(H,28,32)/t18-,23-/m1/s1. The van der Waals surface area contributed by atoms with Gasteiger partial charge in [0.1, 0.15) is 12.6 Å². The maximum absolute atomic E-state index is 13.8. The zero-order valence-electron chi connectivity index (χ0n) is 20.5. The van der Waals surface area contributed by atoms with Crippen molar-refractivity contribution in [2.24, 2.45) is 0 Å². The molecule has 0 unspecified atom stereocenters. The van der Waals surface area contributed by atoms with Gasteiger partial charge in [-0.15, -0.1) is 0 Å². The smallest absolute Gasteiger partial charge is 0.244 e. The van der Waals surface area contributed by atoms with E-state index in [0.29, 0.717) is 23.6 Å². The molecule has 2 aromatic rings. The summed E-state index contributed by atoms with van der Waals surface area (Å²) in [5, 5.41) is 2.89. The second-order valence-electron chi connectivity index (χ2n) is 8.43. The minimum atomic E-state index is -4.02. The molecule has 35 heavy (non-hydrogen) atoms. The maximum Gasteiger partial charge on any atom is 0.244 e. The summed E-state index contributed by atoms with van der Waals surface area (Å²) in [6.45, 7) is 5.06. The summed E-state index contributed by atoms with van der Waals surface area (Å²) in [5.74, 6) is -3.32. The molecule has 10 heteroatoms. The van der Waals surface area contributed by atoms with Crippen LogP contribution in [0.1, 0.15) is 39.2 Å². The fourth-order valence-electron chi connectivity index (χ4n) is 3.59. The van der Waals surface area contributed by atoms with Crippen molar-refractivity contribution in [3.8, 4) is 0 Å². The van der Waals surface area contributed by atoms with Crippen molar-refractivity contribution in [3.05, 3.63) is 65.7 Å². The molecule has 0 aliphatic rings. The van der Waals surface area contributed by atoms with E-state index in [-0.39, 0.29) is 24.2 Å². The summed E-state index contributed by atoms with van der Waals surface area (Å²) < 4.78 is 52.9. The number of hydrogen-bond acceptors (Lipinski definition) is 4. The van der Waals surface area contributed by atoms with Crippen LogP contribution < -0.4 is 9.62 Å². The first kappa shape index (κ1) is 28.2. The first-order valence-electron chi connectivity index (χ1n) is 11.5. The number of hydrogen-bond donors (Lipinski definition) is 1. The number of sulfonamides is 1. The van der Waals surface area contributed by atoms with Crippen molar-refractivity contribution in [1.82, 2.24) is 10.2 Å². The van der Waals surface area contributed by atoms with Gasteiger partial charge in [-0.3, -0.25) is 13.9 Å². The molecule has 0 radical (unpaired) electrons. The quantitative estimate of drug-likeness (QED) is 0.475. The van der Waals surface area contributed by atoms with Crippen molar-refractivity contribution in [1.29, 1.82) is 0 Å². The Hall–Kier alpha value is -3.01. The second kappa shape index (κ2) is 12.6. The van der Waals surface area contributed by atoms with Crippen LogP contribution in [0.5, 0.6) is 0 Å². The molecule has 0 fully saturated rings. The average Bonchev–Trinajstić information content (AvgIpc) is 2.81. The molecule has 7 nitrogen and oxygen atoms in total. The van der Waals surface area contributed by atoms with E-state index in [1.54, 1.807) is 6.92 Å². The number of benzene rings is 2. The monoisotopic (exact) mass is 509 g/mol. The Kier molecular flexibility index (Phi) is 10.2. The number of amides is 2. The number of carbonyl (C=O) groups excluding carboxylic acids is 2. The number of carbonyl (C=O) groups is 2. The average molecular weight is 510 g/mol. The van der Waals surface area contributed by atoms with Crippen LogP contribution in [0.25, 0.3) is 0 Å². The highest BCUT2D eigenvalue weighted by atomic mass is 32.2. The number of rotatable bonds is 12. The van der Waals surface area contributed by atoms with E-state index >= 15 is 0 Å². The molecule has 192 valence electrons. The molecule has 1 N–H and O–H groups in total. The first-order chi connectivity index (χ1) is 16.5. The van der Waals surface area contributed by atoms with Gasteiger partial charge in [0.2, 0.25) is 21.8 Å². The molecule has 0 aliphatic heterocycles. The Balaban J connectivity index is 2.38. The summed E-state index contributed by atoms with van der Waals surface area (Å²) in [5.41, 5.74) is 0.767. The summed E-state index contributed by atoms with van der Waals surface area (Å²) in [6.07, 6.45) is 2.34. The molecule has 0 spiro atoms. The van der Waals surface area contributed by atoms with Crippen molar-refractivity contribution >= 4 is 27.5 Å². The lowest BCUT2D eigenvalue weighted by molar-refractivity contribution is -0.139. The van der Waals surface area contributed by atoms with Gasteiger partial charge < -0.3 is 10.2 Å². The SMILES string of the molecule is CC[C@@H](C)NC(=O)[C@@H](CC)N(CCc1ccccc1)C(=O)CN(c1ccc(F)c(F)c1)S(C)(=O)=O. The first-order valence-corrected chi connectivity index (χ1v) is 13.4. The summed E-state index contributed by atoms with van der Waals surface area (Å²) in [7, 11) is -4.02. The van der Waals surface area contributed by atoms with E-state index in [0.717, 1.165) is 30.0 Å². The van der Waals surface area contributed by atoms with Gasteiger partial charge in [0.15, 0.2) is 11.6 Å². The molecule has 2 rings (SSSR count). The highest BCUT2D eigenvalue weighted by Gasteiger charge is 2.32. The van der Waals surface area contributed by atoms with Gasteiger partial charge in [0, 0.05) is 18.7 Å². The predicted octanol–water partition coefficient (Wildman–Crippen LogP) is 3.50. The molecule has 2 atom stereocenters. The van der Waals surface area contributed by atoms with E-state index < -0.39 is 40.2 Å². The highest BCUT2D eigenvalue weighted by molar-refractivity contribution is 7.92. The van der Waals surface area contributed by atoms with Crippen molar-refractivity contribution in [3.63, 3.8) is 0 Å². The molecule has 0 aromatic heterocycles. The summed E-state index contributed by atoms with van der Waals surface area (Å²) in [4.78, 5) is 27.9. The molecule has 0 aliphatic carbocycles. The van der Waals surface area contributed by atoms with E-state index in [4.69, 9.17) is 0 Å². The third kappa shape index (κ3) is 8.02. The summed E-state index contributed by atoms with van der Waals surface area (Å²) in [6, 6.07) is 11.1. The number of halogens is 2. The minimum Gasteiger partial charge on any atom is -0.352 e. The molecule has 0 saturated heterocycles. The van der Waals surface area contributed by atoms with Gasteiger partial charge in [-0.1, -0.05) is 44.2 Å². The zero-order valence-corrected chi connectivity index (χ0v) is 21.3. The molecular weight excluding hydrogens is 476 g/mol. The third-order valence-corrected chi connectivity index (χ3v) is 6.88. The van der Waals surface area contributed by atoms with Gasteiger partial charge in [-0.05, 0) is 43.9 Å². The van der Waals surface area contributed by atoms with Crippen LogP contribution in [-0.4, -0.2) is 56.6 Å². The lowest BCUT2D eigenvalue weighted by Crippen LogP contribution is -2.54. The van der Waals surface area contributed by atoms with E-state index in [1.165, 1.54) is 4.90 Å². The number of nitrogens with zero attached hydrogens (tertiary/aromatic N) is 2. The Morgan fingerprint density at radius 1 is 1.00 bits per heavy atom. The largest absolute Gasteiger partial charge is 0.352 e. The van der Waals surface area contributed by atoms with E-state index in [1.807, 2.05) is 44.2 Å². The van der Waals surface area contributed by atoms with Crippen molar-refractivity contribution < 1.29 is 26.8 Å². The Morgan fingerprint density at radius 2 is 1.66 bits per heavy atom. The van der Waals surface area contributed by atoms with Crippen LogP contribution in [0, 0.1) is 11.6 Å². The van der Waals surface area contributed by atoms with Crippen molar-refractivity contribution in [2.75, 3.05) is 23.7 Å². The fraction of sp³-hybridized carbons (Fsp3) is 0.440. The summed E-state index contributed by atoms with van der Waals surface area (Å²) >= 11 is 0. The molecular formula is C25H33F2N3O4S. The predicted molar refractivity (Wildman–Crippen MR) is 132 cm³/mol. The number of nitrogens with one attached hydrogen (secondary N) is 1. The van der Waals surface area contributed by atoms with Crippen molar-refractivity contribution in [2.45, 2.75) is 52.1 Å². The highest BCUT2D eigenvalue weighted by Crippen LogP contribution is 2.21. The third-order valence-electron chi connectivity index (χ3n) is 5.74. The van der Waals surface area contributed by atoms with E-state index in [9.17, 15) is 26.8 Å². The van der Waals surface area contributed by atoms with Crippen LogP contribution in [-0.2, 0) is 26.0 Å². The Bertz CT molecular complexity index is 1110. The lowest BCUT2D eigenvalue weighted by Gasteiger charge is -2.33.